The second-order valence-corrected chi connectivity index (χ2v) is 17.1. The lowest BCUT2D eigenvalue weighted by atomic mass is 9.87. The average molecular weight is 933 g/mol. The number of hydrogen-bond donors (Lipinski definition) is 8. The van der Waals surface area contributed by atoms with Crippen LogP contribution in [0.25, 0.3) is 22.5 Å². The molecule has 3 aromatic carbocycles. The summed E-state index contributed by atoms with van der Waals surface area (Å²) < 4.78 is 12.2. The van der Waals surface area contributed by atoms with Crippen LogP contribution in [0.5, 0.6) is 11.5 Å². The second-order valence-electron chi connectivity index (χ2n) is 17.1. The summed E-state index contributed by atoms with van der Waals surface area (Å²) >= 11 is 0. The first kappa shape index (κ1) is 51.5. The highest BCUT2D eigenvalue weighted by molar-refractivity contribution is 6.00. The molecule has 0 aliphatic carbocycles. The van der Waals surface area contributed by atoms with Crippen LogP contribution in [0.3, 0.4) is 0 Å². The maximum Gasteiger partial charge on any atom is 0.255 e. The Hall–Kier alpha value is -7.47. The number of aromatic nitrogens is 2. The number of nitrogens with one attached hydrogen (secondary N) is 5. The van der Waals surface area contributed by atoms with Gasteiger partial charge in [0.05, 0.1) is 23.9 Å². The van der Waals surface area contributed by atoms with Crippen LogP contribution in [-0.4, -0.2) is 121 Å². The van der Waals surface area contributed by atoms with Crippen LogP contribution < -0.4 is 53.3 Å². The number of aryl methyl sites for hydroxylation is 1. The number of ether oxygens (including phenoxy) is 2. The van der Waals surface area contributed by atoms with Gasteiger partial charge in [-0.25, -0.2) is 9.97 Å². The molecule has 4 bridgehead atoms. The number of fused-ring (bicyclic) bond motifs is 5. The van der Waals surface area contributed by atoms with E-state index in [1.807, 2.05) is 30.3 Å². The Balaban J connectivity index is 1.59. The number of benzene rings is 3. The highest BCUT2D eigenvalue weighted by Gasteiger charge is 2.37. The third-order valence-electron chi connectivity index (χ3n) is 11.1. The molecule has 0 unspecified atom stereocenters. The van der Waals surface area contributed by atoms with Crippen LogP contribution in [0.4, 0.5) is 0 Å². The van der Waals surface area contributed by atoms with Crippen LogP contribution in [0, 0.1) is 18.3 Å². The predicted molar refractivity (Wildman–Crippen MR) is 253 cm³/mol. The molecule has 5 rings (SSSR count). The largest absolute Gasteiger partial charge is 0.492 e. The van der Waals surface area contributed by atoms with Gasteiger partial charge in [0, 0.05) is 56.0 Å². The molecule has 6 amide bonds. The zero-order valence-electron chi connectivity index (χ0n) is 39.1. The molecule has 68 heavy (non-hydrogen) atoms. The molecule has 20 heteroatoms. The first-order valence-electron chi connectivity index (χ1n) is 22.1. The van der Waals surface area contributed by atoms with E-state index < -0.39 is 72.7 Å². The Morgan fingerprint density at radius 1 is 0.912 bits per heavy atom. The van der Waals surface area contributed by atoms with Gasteiger partial charge in [0.1, 0.15) is 55.4 Å². The van der Waals surface area contributed by atoms with E-state index in [2.05, 4.69) is 57.3 Å². The summed E-state index contributed by atoms with van der Waals surface area (Å²) in [5.74, 6) is -3.33. The lowest BCUT2D eigenvalue weighted by molar-refractivity contribution is -0.141. The number of nitriles is 1. The molecule has 2 heterocycles. The van der Waals surface area contributed by atoms with E-state index >= 15 is 0 Å². The van der Waals surface area contributed by atoms with Crippen molar-refractivity contribution in [2.24, 2.45) is 17.2 Å². The third kappa shape index (κ3) is 12.9. The van der Waals surface area contributed by atoms with Crippen molar-refractivity contribution in [2.45, 2.75) is 70.6 Å². The molecule has 0 fully saturated rings. The van der Waals surface area contributed by atoms with Crippen molar-refractivity contribution in [1.29, 1.82) is 5.26 Å². The van der Waals surface area contributed by atoms with Crippen LogP contribution in [0.2, 0.25) is 0 Å². The Labute approximate surface area is 395 Å². The Bertz CT molecular complexity index is 2540. The SMILES string of the molecule is Cc1nc(-c2ccc(C(C)(C)C)cc2)ncc1C(=O)N[C@@H](CNC(=O)CN)C(=O)N(C)[C@@H]1C(=O)N[C@@H](C)C(=O)N[C@H](C(=O)NCC#N)Cc2ccc(OCCN)c(c2)-c2cc1ccc2OCCN. The molecule has 1 aliphatic heterocycles. The Morgan fingerprint density at radius 2 is 1.56 bits per heavy atom. The van der Waals surface area contributed by atoms with Crippen LogP contribution in [-0.2, 0) is 35.8 Å². The number of rotatable bonds is 16. The molecule has 0 spiro atoms. The molecule has 0 radical (unpaired) electrons. The van der Waals surface area contributed by atoms with Crippen molar-refractivity contribution in [2.75, 3.05) is 53.0 Å². The fraction of sp³-hybridized carbons (Fsp3) is 0.396. The number of amides is 6. The molecule has 360 valence electrons. The third-order valence-corrected chi connectivity index (χ3v) is 11.1. The summed E-state index contributed by atoms with van der Waals surface area (Å²) in [5.41, 5.74) is 21.1. The molecular formula is C48H60N12O8. The molecule has 0 saturated heterocycles. The van der Waals surface area contributed by atoms with Gasteiger partial charge in [-0.1, -0.05) is 57.2 Å². The summed E-state index contributed by atoms with van der Waals surface area (Å²) in [7, 11) is 1.34. The molecule has 11 N–H and O–H groups in total. The molecule has 4 aromatic rings. The van der Waals surface area contributed by atoms with Gasteiger partial charge in [0.25, 0.3) is 5.91 Å². The summed E-state index contributed by atoms with van der Waals surface area (Å²) in [6.45, 7) is 8.73. The van der Waals surface area contributed by atoms with Crippen molar-refractivity contribution in [3.05, 3.63) is 94.8 Å². The number of nitrogens with two attached hydrogens (primary N) is 3. The summed E-state index contributed by atoms with van der Waals surface area (Å²) in [5, 5.41) is 22.3. The minimum absolute atomic E-state index is 0.0264. The summed E-state index contributed by atoms with van der Waals surface area (Å²) in [6, 6.07) is 14.1. The normalized spacial score (nSPS) is 16.4. The van der Waals surface area contributed by atoms with Gasteiger partial charge in [-0.2, -0.15) is 5.26 Å². The van der Waals surface area contributed by atoms with Gasteiger partial charge in [0.2, 0.25) is 29.5 Å². The van der Waals surface area contributed by atoms with Crippen LogP contribution >= 0.6 is 0 Å². The van der Waals surface area contributed by atoms with E-state index in [1.165, 1.54) is 20.2 Å². The standard InChI is InChI=1S/C48H60N12O8/c1-27-35(25-55-42(56-27)30-8-11-32(12-9-30)48(3,4)5)44(63)59-37(26-54-40(61)24-52)47(66)60(6)41-31-10-14-39(68-20-17-51)34(23-31)33-21-29(7-13-38(33)67-19-16-50)22-36(45(64)53-18-15-49)58-43(62)28(2)57-46(41)65/h7-14,21,23,25,28,36-37,41H,16-20,22,24,26,50-52H2,1-6H3,(H,53,64)(H,54,61)(H,57,65)(H,58,62)(H,59,63)/t28-,36-,37-,41-/m0/s1. The van der Waals surface area contributed by atoms with Crippen LogP contribution in [0.15, 0.2) is 66.9 Å². The van der Waals surface area contributed by atoms with E-state index in [9.17, 15) is 34.0 Å². The minimum Gasteiger partial charge on any atom is -0.492 e. The summed E-state index contributed by atoms with van der Waals surface area (Å²) in [6.07, 6.45) is 1.32. The number of carbonyl (C=O) groups is 6. The maximum atomic E-state index is 14.8. The zero-order chi connectivity index (χ0) is 49.7. The topological polar surface area (TPSA) is 312 Å². The highest BCUT2D eigenvalue weighted by Crippen LogP contribution is 2.40. The smallest absolute Gasteiger partial charge is 0.255 e. The van der Waals surface area contributed by atoms with E-state index in [-0.39, 0.29) is 55.8 Å². The van der Waals surface area contributed by atoms with Gasteiger partial charge < -0.3 is 58.2 Å². The van der Waals surface area contributed by atoms with Gasteiger partial charge in [-0.05, 0) is 60.2 Å². The molecular weight excluding hydrogens is 873 g/mol. The monoisotopic (exact) mass is 932 g/mol. The number of likely N-dealkylation sites (N-methyl/N-ethyl adjacent to an activating group) is 1. The Kier molecular flexibility index (Phi) is 17.7. The lowest BCUT2D eigenvalue weighted by Crippen LogP contribution is -2.57. The van der Waals surface area contributed by atoms with Crippen molar-refractivity contribution >= 4 is 35.4 Å². The van der Waals surface area contributed by atoms with E-state index in [4.69, 9.17) is 26.7 Å². The fourth-order valence-corrected chi connectivity index (χ4v) is 7.38. The van der Waals surface area contributed by atoms with Crippen molar-refractivity contribution in [3.8, 4) is 40.1 Å². The van der Waals surface area contributed by atoms with Gasteiger partial charge in [-0.15, -0.1) is 0 Å². The van der Waals surface area contributed by atoms with Gasteiger partial charge >= 0.3 is 0 Å². The molecule has 4 atom stereocenters. The lowest BCUT2D eigenvalue weighted by Gasteiger charge is -2.32. The number of carbonyl (C=O) groups excluding carboxylic acids is 6. The first-order chi connectivity index (χ1) is 32.4. The first-order valence-corrected chi connectivity index (χ1v) is 22.1. The molecule has 1 aliphatic rings. The molecule has 1 aromatic heterocycles. The second kappa shape index (κ2) is 23.3. The number of nitrogens with zero attached hydrogens (tertiary/aromatic N) is 4. The minimum atomic E-state index is -1.51. The predicted octanol–water partition coefficient (Wildman–Crippen LogP) is 0.650. The number of hydrogen-bond acceptors (Lipinski definition) is 14. The van der Waals surface area contributed by atoms with E-state index in [0.717, 1.165) is 16.0 Å². The highest BCUT2D eigenvalue weighted by atomic mass is 16.5. The fourth-order valence-electron chi connectivity index (χ4n) is 7.38. The van der Waals surface area contributed by atoms with Crippen molar-refractivity contribution in [3.63, 3.8) is 0 Å². The zero-order valence-corrected chi connectivity index (χ0v) is 39.1. The Morgan fingerprint density at radius 3 is 2.16 bits per heavy atom. The maximum absolute atomic E-state index is 14.8. The quantitative estimate of drug-likeness (QED) is 0.0716. The van der Waals surface area contributed by atoms with Gasteiger partial charge in [0.15, 0.2) is 5.82 Å². The van der Waals surface area contributed by atoms with Crippen molar-refractivity contribution in [1.82, 2.24) is 41.5 Å². The summed E-state index contributed by atoms with van der Waals surface area (Å²) in [4.78, 5) is 93.2. The van der Waals surface area contributed by atoms with E-state index in [1.54, 1.807) is 43.3 Å². The van der Waals surface area contributed by atoms with Gasteiger partial charge in [-0.3, -0.25) is 28.8 Å². The van der Waals surface area contributed by atoms with E-state index in [0.29, 0.717) is 39.7 Å². The molecule has 0 saturated carbocycles. The molecule has 20 nitrogen and oxygen atoms in total. The van der Waals surface area contributed by atoms with Crippen molar-refractivity contribution < 1.29 is 38.2 Å². The van der Waals surface area contributed by atoms with Crippen LogP contribution in [0.1, 0.15) is 66.5 Å². The average Bonchev–Trinajstić information content (AvgIpc) is 3.32.